The third kappa shape index (κ3) is 2.68. The smallest absolute Gasteiger partial charge is 0.417 e. The van der Waals surface area contributed by atoms with Crippen LogP contribution in [0.15, 0.2) is 12.3 Å². The first-order valence-electron chi connectivity index (χ1n) is 4.26. The van der Waals surface area contributed by atoms with Crippen molar-refractivity contribution < 1.29 is 27.1 Å². The van der Waals surface area contributed by atoms with E-state index in [1.807, 2.05) is 0 Å². The van der Waals surface area contributed by atoms with E-state index in [1.54, 1.807) is 0 Å². The molecule has 88 valence electrons. The van der Waals surface area contributed by atoms with Crippen LogP contribution in [0.5, 0.6) is 0 Å². The van der Waals surface area contributed by atoms with Gasteiger partial charge in [-0.15, -0.1) is 0 Å². The second-order valence-corrected chi connectivity index (χ2v) is 2.77. The largest absolute Gasteiger partial charge is 0.461 e. The fraction of sp³-hybridized carbons (Fsp3) is 0.333. The standard InChI is InChI=1S/C9H7F4NO2/c1-2-16-8(15)7-6(10)3-5(4-14-7)9(11,12)13/h3-4H,2H2,1H3. The van der Waals surface area contributed by atoms with Crippen LogP contribution < -0.4 is 0 Å². The zero-order chi connectivity index (χ0) is 12.3. The highest BCUT2D eigenvalue weighted by Gasteiger charge is 2.32. The van der Waals surface area contributed by atoms with Gasteiger partial charge < -0.3 is 4.74 Å². The van der Waals surface area contributed by atoms with Crippen molar-refractivity contribution in [3.05, 3.63) is 29.3 Å². The van der Waals surface area contributed by atoms with Crippen molar-refractivity contribution in [3.8, 4) is 0 Å². The summed E-state index contributed by atoms with van der Waals surface area (Å²) < 4.78 is 53.9. The van der Waals surface area contributed by atoms with Crippen molar-refractivity contribution in [2.24, 2.45) is 0 Å². The predicted octanol–water partition coefficient (Wildman–Crippen LogP) is 2.42. The predicted molar refractivity (Wildman–Crippen MR) is 45.2 cm³/mol. The minimum absolute atomic E-state index is 0.0129. The van der Waals surface area contributed by atoms with Crippen molar-refractivity contribution >= 4 is 5.97 Å². The molecule has 1 aromatic heterocycles. The van der Waals surface area contributed by atoms with Crippen molar-refractivity contribution in [2.75, 3.05) is 6.61 Å². The highest BCUT2D eigenvalue weighted by atomic mass is 19.4. The molecular formula is C9H7F4NO2. The molecule has 1 aromatic rings. The van der Waals surface area contributed by atoms with Gasteiger partial charge in [-0.3, -0.25) is 0 Å². The number of hydrogen-bond acceptors (Lipinski definition) is 3. The normalized spacial score (nSPS) is 11.3. The first kappa shape index (κ1) is 12.4. The van der Waals surface area contributed by atoms with E-state index in [2.05, 4.69) is 9.72 Å². The Bertz CT molecular complexity index is 403. The van der Waals surface area contributed by atoms with Gasteiger partial charge in [-0.05, 0) is 13.0 Å². The summed E-state index contributed by atoms with van der Waals surface area (Å²) in [6.07, 6.45) is -4.31. The second-order valence-electron chi connectivity index (χ2n) is 2.77. The van der Waals surface area contributed by atoms with Gasteiger partial charge in [-0.2, -0.15) is 13.2 Å². The highest BCUT2D eigenvalue weighted by molar-refractivity contribution is 5.87. The van der Waals surface area contributed by atoms with E-state index in [0.717, 1.165) is 0 Å². The van der Waals surface area contributed by atoms with Gasteiger partial charge >= 0.3 is 12.1 Å². The van der Waals surface area contributed by atoms with E-state index in [9.17, 15) is 22.4 Å². The number of nitrogens with zero attached hydrogens (tertiary/aromatic N) is 1. The van der Waals surface area contributed by atoms with Gasteiger partial charge in [0.05, 0.1) is 12.2 Å². The monoisotopic (exact) mass is 237 g/mol. The zero-order valence-corrected chi connectivity index (χ0v) is 8.14. The number of rotatable bonds is 2. The lowest BCUT2D eigenvalue weighted by Gasteiger charge is -2.07. The maximum absolute atomic E-state index is 13.1. The molecule has 0 saturated heterocycles. The number of carbonyl (C=O) groups excluding carboxylic acids is 1. The summed E-state index contributed by atoms with van der Waals surface area (Å²) in [6.45, 7) is 1.47. The summed E-state index contributed by atoms with van der Waals surface area (Å²) in [6, 6.07) is 0.208. The number of aromatic nitrogens is 1. The van der Waals surface area contributed by atoms with E-state index < -0.39 is 29.2 Å². The van der Waals surface area contributed by atoms with Crippen LogP contribution in [0.1, 0.15) is 23.0 Å². The molecule has 0 aliphatic rings. The molecule has 3 nitrogen and oxygen atoms in total. The quantitative estimate of drug-likeness (QED) is 0.585. The molecule has 1 heterocycles. The second kappa shape index (κ2) is 4.46. The topological polar surface area (TPSA) is 39.2 Å². The Morgan fingerprint density at radius 2 is 2.12 bits per heavy atom. The molecule has 0 spiro atoms. The van der Waals surface area contributed by atoms with Gasteiger partial charge in [0.2, 0.25) is 0 Å². The van der Waals surface area contributed by atoms with Gasteiger partial charge in [0.25, 0.3) is 0 Å². The number of hydrogen-bond donors (Lipinski definition) is 0. The van der Waals surface area contributed by atoms with Crippen LogP contribution in [0.4, 0.5) is 17.6 Å². The van der Waals surface area contributed by atoms with Crippen molar-refractivity contribution in [1.82, 2.24) is 4.98 Å². The van der Waals surface area contributed by atoms with E-state index in [4.69, 9.17) is 0 Å². The van der Waals surface area contributed by atoms with E-state index in [-0.39, 0.29) is 12.7 Å². The van der Waals surface area contributed by atoms with Gasteiger partial charge in [0.1, 0.15) is 0 Å². The first-order chi connectivity index (χ1) is 7.36. The van der Waals surface area contributed by atoms with Crippen molar-refractivity contribution in [3.63, 3.8) is 0 Å². The number of esters is 1. The molecule has 0 fully saturated rings. The molecule has 0 N–H and O–H groups in total. The van der Waals surface area contributed by atoms with Gasteiger partial charge in [-0.25, -0.2) is 14.2 Å². The molecular weight excluding hydrogens is 230 g/mol. The third-order valence-corrected chi connectivity index (χ3v) is 1.64. The molecule has 0 aliphatic heterocycles. The summed E-state index contributed by atoms with van der Waals surface area (Å²) in [5.74, 6) is -2.44. The summed E-state index contributed by atoms with van der Waals surface area (Å²) in [5, 5.41) is 0. The van der Waals surface area contributed by atoms with Crippen LogP contribution in [0.25, 0.3) is 0 Å². The summed E-state index contributed by atoms with van der Waals surface area (Å²) in [5.41, 5.74) is -2.01. The number of pyridine rings is 1. The Morgan fingerprint density at radius 1 is 1.50 bits per heavy atom. The Hall–Kier alpha value is -1.66. The number of carbonyl (C=O) groups is 1. The van der Waals surface area contributed by atoms with Crippen molar-refractivity contribution in [2.45, 2.75) is 13.1 Å². The fourth-order valence-corrected chi connectivity index (χ4v) is 0.943. The van der Waals surface area contributed by atoms with E-state index >= 15 is 0 Å². The third-order valence-electron chi connectivity index (χ3n) is 1.64. The molecule has 0 radical (unpaired) electrons. The Morgan fingerprint density at radius 3 is 2.56 bits per heavy atom. The molecule has 0 aliphatic carbocycles. The number of ether oxygens (including phenoxy) is 1. The lowest BCUT2D eigenvalue weighted by molar-refractivity contribution is -0.138. The molecule has 0 unspecified atom stereocenters. The molecule has 0 saturated carbocycles. The van der Waals surface area contributed by atoms with Crippen LogP contribution in [0.2, 0.25) is 0 Å². The average Bonchev–Trinajstić information content (AvgIpc) is 2.16. The van der Waals surface area contributed by atoms with Crippen LogP contribution in [0.3, 0.4) is 0 Å². The molecule has 1 rings (SSSR count). The number of halogens is 4. The Balaban J connectivity index is 3.05. The van der Waals surface area contributed by atoms with Crippen LogP contribution in [-0.2, 0) is 10.9 Å². The van der Waals surface area contributed by atoms with Crippen LogP contribution >= 0.6 is 0 Å². The van der Waals surface area contributed by atoms with Gasteiger partial charge in [-0.1, -0.05) is 0 Å². The molecule has 7 heteroatoms. The van der Waals surface area contributed by atoms with Crippen LogP contribution in [0, 0.1) is 5.82 Å². The first-order valence-corrected chi connectivity index (χ1v) is 4.26. The lowest BCUT2D eigenvalue weighted by Crippen LogP contribution is -2.13. The highest BCUT2D eigenvalue weighted by Crippen LogP contribution is 2.29. The summed E-state index contributed by atoms with van der Waals surface area (Å²) in [4.78, 5) is 14.1. The molecule has 0 aromatic carbocycles. The van der Waals surface area contributed by atoms with Crippen molar-refractivity contribution in [1.29, 1.82) is 0 Å². The SMILES string of the molecule is CCOC(=O)c1ncc(C(F)(F)F)cc1F. The van der Waals surface area contributed by atoms with E-state index in [0.29, 0.717) is 6.20 Å². The van der Waals surface area contributed by atoms with Gasteiger partial charge in [0.15, 0.2) is 11.5 Å². The Kier molecular flexibility index (Phi) is 3.46. The maximum atomic E-state index is 13.1. The molecule has 0 bridgehead atoms. The lowest BCUT2D eigenvalue weighted by atomic mass is 10.2. The summed E-state index contributed by atoms with van der Waals surface area (Å²) in [7, 11) is 0. The average molecular weight is 237 g/mol. The molecule has 0 atom stereocenters. The summed E-state index contributed by atoms with van der Waals surface area (Å²) >= 11 is 0. The number of alkyl halides is 3. The van der Waals surface area contributed by atoms with E-state index in [1.165, 1.54) is 6.92 Å². The van der Waals surface area contributed by atoms with Gasteiger partial charge in [0, 0.05) is 6.20 Å². The zero-order valence-electron chi connectivity index (χ0n) is 8.14. The fourth-order valence-electron chi connectivity index (χ4n) is 0.943. The minimum atomic E-state index is -4.69. The van der Waals surface area contributed by atoms with Crippen LogP contribution in [-0.4, -0.2) is 17.6 Å². The maximum Gasteiger partial charge on any atom is 0.417 e. The minimum Gasteiger partial charge on any atom is -0.461 e. The molecule has 0 amide bonds. The molecule has 16 heavy (non-hydrogen) atoms. The Labute approximate surface area is 88.0 Å².